The van der Waals surface area contributed by atoms with Crippen LogP contribution < -0.4 is 9.62 Å². The van der Waals surface area contributed by atoms with E-state index in [1.807, 2.05) is 53.7 Å². The molecule has 0 fully saturated rings. The molecule has 3 aromatic carbocycles. The van der Waals surface area contributed by atoms with E-state index in [-0.39, 0.29) is 23.4 Å². The molecule has 34 heavy (non-hydrogen) atoms. The van der Waals surface area contributed by atoms with Crippen LogP contribution in [0.5, 0.6) is 0 Å². The summed E-state index contributed by atoms with van der Waals surface area (Å²) in [7, 11) is -3.94. The van der Waals surface area contributed by atoms with Gasteiger partial charge in [-0.25, -0.2) is 8.42 Å². The molecule has 1 atom stereocenters. The first-order valence-electron chi connectivity index (χ1n) is 11.4. The number of nitrogens with zero attached hydrogens (tertiary/aromatic N) is 1. The van der Waals surface area contributed by atoms with Crippen molar-refractivity contribution in [2.45, 2.75) is 59.4 Å². The van der Waals surface area contributed by atoms with E-state index in [1.54, 1.807) is 30.3 Å². The fourth-order valence-electron chi connectivity index (χ4n) is 3.98. The molecule has 0 aliphatic rings. The second kappa shape index (κ2) is 10.0. The number of benzene rings is 3. The number of rotatable bonds is 7. The molecular formula is C28H34N2O3S. The lowest BCUT2D eigenvalue weighted by Gasteiger charge is -2.26. The van der Waals surface area contributed by atoms with Crippen LogP contribution in [0.3, 0.4) is 0 Å². The van der Waals surface area contributed by atoms with Crippen molar-refractivity contribution in [3.8, 4) is 0 Å². The first-order valence-corrected chi connectivity index (χ1v) is 12.9. The van der Waals surface area contributed by atoms with Gasteiger partial charge in [0.05, 0.1) is 16.6 Å². The summed E-state index contributed by atoms with van der Waals surface area (Å²) in [6.07, 6.45) is 0. The molecule has 0 aliphatic heterocycles. The summed E-state index contributed by atoms with van der Waals surface area (Å²) in [5.74, 6) is -0.362. The van der Waals surface area contributed by atoms with Gasteiger partial charge in [0.15, 0.2) is 0 Å². The lowest BCUT2D eigenvalue weighted by molar-refractivity contribution is -0.120. The molecule has 1 N–H and O–H groups in total. The Bertz CT molecular complexity index is 1310. The van der Waals surface area contributed by atoms with Gasteiger partial charge in [-0.05, 0) is 106 Å². The first kappa shape index (κ1) is 25.5. The molecule has 0 heterocycles. The monoisotopic (exact) mass is 478 g/mol. The third-order valence-corrected chi connectivity index (χ3v) is 8.19. The summed E-state index contributed by atoms with van der Waals surface area (Å²) in [6.45, 7) is 13.5. The van der Waals surface area contributed by atoms with Gasteiger partial charge in [0.1, 0.15) is 6.54 Å². The zero-order valence-corrected chi connectivity index (χ0v) is 21.9. The van der Waals surface area contributed by atoms with Crippen LogP contribution in [0.15, 0.2) is 59.5 Å². The van der Waals surface area contributed by atoms with Crippen molar-refractivity contribution in [3.05, 3.63) is 93.5 Å². The number of hydrogen-bond donors (Lipinski definition) is 1. The number of aryl methyl sites for hydroxylation is 6. The topological polar surface area (TPSA) is 66.5 Å². The van der Waals surface area contributed by atoms with Crippen molar-refractivity contribution < 1.29 is 13.2 Å². The van der Waals surface area contributed by atoms with Crippen molar-refractivity contribution in [3.63, 3.8) is 0 Å². The number of anilines is 1. The molecule has 0 bridgehead atoms. The van der Waals surface area contributed by atoms with Crippen LogP contribution in [0.4, 0.5) is 5.69 Å². The van der Waals surface area contributed by atoms with E-state index < -0.39 is 10.0 Å². The van der Waals surface area contributed by atoms with Crippen LogP contribution in [0.1, 0.15) is 51.9 Å². The third kappa shape index (κ3) is 5.50. The lowest BCUT2D eigenvalue weighted by Crippen LogP contribution is -2.41. The minimum atomic E-state index is -3.94. The van der Waals surface area contributed by atoms with Crippen molar-refractivity contribution in [2.75, 3.05) is 10.8 Å². The molecule has 0 spiro atoms. The Labute approximate surface area is 203 Å². The number of carbonyl (C=O) groups excluding carboxylic acids is 1. The lowest BCUT2D eigenvalue weighted by atomic mass is 9.96. The summed E-state index contributed by atoms with van der Waals surface area (Å²) in [5.41, 5.74) is 7.91. The molecule has 0 aromatic heterocycles. The van der Waals surface area contributed by atoms with Gasteiger partial charge in [0, 0.05) is 0 Å². The predicted molar refractivity (Wildman–Crippen MR) is 139 cm³/mol. The highest BCUT2D eigenvalue weighted by Crippen LogP contribution is 2.27. The minimum Gasteiger partial charge on any atom is -0.348 e. The van der Waals surface area contributed by atoms with Crippen LogP contribution in [0, 0.1) is 41.5 Å². The minimum absolute atomic E-state index is 0.155. The summed E-state index contributed by atoms with van der Waals surface area (Å²) >= 11 is 0. The maximum atomic E-state index is 13.6. The Morgan fingerprint density at radius 2 is 1.38 bits per heavy atom. The van der Waals surface area contributed by atoms with Crippen molar-refractivity contribution in [2.24, 2.45) is 0 Å². The van der Waals surface area contributed by atoms with Crippen LogP contribution in [-0.2, 0) is 14.8 Å². The fourth-order valence-corrected chi connectivity index (χ4v) is 5.39. The summed E-state index contributed by atoms with van der Waals surface area (Å²) in [4.78, 5) is 13.3. The second-order valence-electron chi connectivity index (χ2n) is 9.18. The molecule has 0 saturated carbocycles. The normalized spacial score (nSPS) is 12.3. The Kier molecular flexibility index (Phi) is 7.51. The standard InChI is InChI=1S/C28H34N2O3S/c1-18-8-12-26(13-9-18)34(32,33)30(25-11-10-19(2)21(4)15-25)17-28(31)29-24(7)27-16-22(5)20(3)14-23(27)6/h8-16,24H,17H2,1-7H3,(H,29,31). The Morgan fingerprint density at radius 3 is 2.00 bits per heavy atom. The number of nitrogens with one attached hydrogen (secondary N) is 1. The molecular weight excluding hydrogens is 444 g/mol. The van der Waals surface area contributed by atoms with Crippen LogP contribution >= 0.6 is 0 Å². The van der Waals surface area contributed by atoms with E-state index in [0.29, 0.717) is 5.69 Å². The van der Waals surface area contributed by atoms with Gasteiger partial charge in [0.2, 0.25) is 5.91 Å². The van der Waals surface area contributed by atoms with Crippen LogP contribution in [-0.4, -0.2) is 20.9 Å². The zero-order valence-electron chi connectivity index (χ0n) is 21.1. The van der Waals surface area contributed by atoms with Gasteiger partial charge < -0.3 is 5.32 Å². The van der Waals surface area contributed by atoms with Crippen LogP contribution in [0.2, 0.25) is 0 Å². The fraction of sp³-hybridized carbons (Fsp3) is 0.321. The second-order valence-corrected chi connectivity index (χ2v) is 11.0. The van der Waals surface area contributed by atoms with Crippen LogP contribution in [0.25, 0.3) is 0 Å². The smallest absolute Gasteiger partial charge is 0.264 e. The highest BCUT2D eigenvalue weighted by Gasteiger charge is 2.28. The van der Waals surface area contributed by atoms with Gasteiger partial charge in [-0.15, -0.1) is 0 Å². The molecule has 1 unspecified atom stereocenters. The van der Waals surface area contributed by atoms with E-state index >= 15 is 0 Å². The Hall–Kier alpha value is -3.12. The van der Waals surface area contributed by atoms with Gasteiger partial charge in [-0.3, -0.25) is 9.10 Å². The molecule has 5 nitrogen and oxygen atoms in total. The Balaban J connectivity index is 1.94. The molecule has 0 radical (unpaired) electrons. The predicted octanol–water partition coefficient (Wildman–Crippen LogP) is 5.61. The van der Waals surface area contributed by atoms with Gasteiger partial charge >= 0.3 is 0 Å². The molecule has 3 rings (SSSR count). The van der Waals surface area contributed by atoms with Gasteiger partial charge in [0.25, 0.3) is 10.0 Å². The highest BCUT2D eigenvalue weighted by molar-refractivity contribution is 7.92. The molecule has 0 saturated heterocycles. The molecule has 1 amide bonds. The number of hydrogen-bond acceptors (Lipinski definition) is 3. The number of carbonyl (C=O) groups is 1. The Morgan fingerprint density at radius 1 is 0.794 bits per heavy atom. The van der Waals surface area contributed by atoms with Crippen molar-refractivity contribution in [1.29, 1.82) is 0 Å². The summed E-state index contributed by atoms with van der Waals surface area (Å²) < 4.78 is 28.4. The van der Waals surface area contributed by atoms with E-state index in [4.69, 9.17) is 0 Å². The van der Waals surface area contributed by atoms with E-state index in [9.17, 15) is 13.2 Å². The quantitative estimate of drug-likeness (QED) is 0.480. The molecule has 0 aliphatic carbocycles. The van der Waals surface area contributed by atoms with E-state index in [0.717, 1.165) is 33.4 Å². The number of sulfonamides is 1. The SMILES string of the molecule is Cc1ccc(S(=O)(=O)N(CC(=O)NC(C)c2cc(C)c(C)cc2C)c2ccc(C)c(C)c2)cc1. The largest absolute Gasteiger partial charge is 0.348 e. The average Bonchev–Trinajstić information content (AvgIpc) is 2.76. The van der Waals surface area contributed by atoms with Crippen molar-refractivity contribution in [1.82, 2.24) is 5.32 Å². The van der Waals surface area contributed by atoms with E-state index in [2.05, 4.69) is 24.4 Å². The van der Waals surface area contributed by atoms with Gasteiger partial charge in [-0.2, -0.15) is 0 Å². The third-order valence-electron chi connectivity index (χ3n) is 6.40. The van der Waals surface area contributed by atoms with Gasteiger partial charge in [-0.1, -0.05) is 35.9 Å². The van der Waals surface area contributed by atoms with E-state index in [1.165, 1.54) is 9.87 Å². The average molecular weight is 479 g/mol. The number of amides is 1. The molecule has 3 aromatic rings. The maximum absolute atomic E-state index is 13.6. The zero-order chi connectivity index (χ0) is 25.2. The highest BCUT2D eigenvalue weighted by atomic mass is 32.2. The van der Waals surface area contributed by atoms with Crippen molar-refractivity contribution >= 4 is 21.6 Å². The molecule has 6 heteroatoms. The first-order chi connectivity index (χ1) is 15.9. The maximum Gasteiger partial charge on any atom is 0.264 e. The summed E-state index contributed by atoms with van der Waals surface area (Å²) in [6, 6.07) is 16.1. The molecule has 180 valence electrons. The summed E-state index contributed by atoms with van der Waals surface area (Å²) in [5, 5.41) is 3.00.